The molecule has 0 aliphatic rings. The molecule has 4 heterocycles. The van der Waals surface area contributed by atoms with Crippen LogP contribution in [0.1, 0.15) is 0 Å². The standard InChI is InChI=1S/C24H17FN6/c1-31-13-15(11-27-31)21-10-19-23(12-26-21)29-30-24(19)22-9-18-17(3-2-4-20(18)28-22)14-5-7-16(25)8-6-14/h2-13,28H,1H3,(H,29,30). The van der Waals surface area contributed by atoms with E-state index in [0.29, 0.717) is 0 Å². The van der Waals surface area contributed by atoms with Crippen LogP contribution in [-0.4, -0.2) is 29.9 Å². The summed E-state index contributed by atoms with van der Waals surface area (Å²) < 4.78 is 15.1. The van der Waals surface area contributed by atoms with Crippen molar-refractivity contribution in [2.45, 2.75) is 0 Å². The van der Waals surface area contributed by atoms with Gasteiger partial charge in [-0.25, -0.2) is 4.39 Å². The van der Waals surface area contributed by atoms with Gasteiger partial charge in [-0.05, 0) is 41.5 Å². The Labute approximate surface area is 176 Å². The van der Waals surface area contributed by atoms with Crippen molar-refractivity contribution in [2.24, 2.45) is 7.05 Å². The van der Waals surface area contributed by atoms with Crippen molar-refractivity contribution in [3.8, 4) is 33.8 Å². The van der Waals surface area contributed by atoms with Crippen LogP contribution in [0.5, 0.6) is 0 Å². The van der Waals surface area contributed by atoms with Gasteiger partial charge < -0.3 is 4.98 Å². The van der Waals surface area contributed by atoms with Crippen molar-refractivity contribution in [2.75, 3.05) is 0 Å². The highest BCUT2D eigenvalue weighted by atomic mass is 19.1. The van der Waals surface area contributed by atoms with Crippen LogP contribution < -0.4 is 0 Å². The van der Waals surface area contributed by atoms with Gasteiger partial charge in [0.05, 0.1) is 29.3 Å². The molecule has 0 saturated heterocycles. The molecule has 0 spiro atoms. The predicted molar refractivity (Wildman–Crippen MR) is 119 cm³/mol. The van der Waals surface area contributed by atoms with Gasteiger partial charge in [-0.2, -0.15) is 10.2 Å². The zero-order valence-corrected chi connectivity index (χ0v) is 16.6. The summed E-state index contributed by atoms with van der Waals surface area (Å²) in [6.07, 6.45) is 5.53. The van der Waals surface area contributed by atoms with E-state index in [4.69, 9.17) is 0 Å². The molecule has 6 rings (SSSR count). The highest BCUT2D eigenvalue weighted by Crippen LogP contribution is 2.34. The van der Waals surface area contributed by atoms with Gasteiger partial charge in [-0.3, -0.25) is 14.8 Å². The number of hydrogen-bond acceptors (Lipinski definition) is 3. The summed E-state index contributed by atoms with van der Waals surface area (Å²) >= 11 is 0. The van der Waals surface area contributed by atoms with Gasteiger partial charge >= 0.3 is 0 Å². The number of H-pyrrole nitrogens is 2. The largest absolute Gasteiger partial charge is 0.353 e. The number of nitrogens with one attached hydrogen (secondary N) is 2. The Kier molecular flexibility index (Phi) is 3.76. The minimum Gasteiger partial charge on any atom is -0.353 e. The van der Waals surface area contributed by atoms with E-state index in [1.54, 1.807) is 29.2 Å². The van der Waals surface area contributed by atoms with E-state index in [0.717, 1.165) is 55.6 Å². The van der Waals surface area contributed by atoms with Gasteiger partial charge in [-0.1, -0.05) is 24.3 Å². The smallest absolute Gasteiger partial charge is 0.123 e. The van der Waals surface area contributed by atoms with Crippen molar-refractivity contribution in [1.82, 2.24) is 29.9 Å². The fourth-order valence-electron chi connectivity index (χ4n) is 4.00. The second kappa shape index (κ2) is 6.63. The van der Waals surface area contributed by atoms with Gasteiger partial charge in [0.1, 0.15) is 11.5 Å². The Hall–Kier alpha value is -4.26. The van der Waals surface area contributed by atoms with Gasteiger partial charge in [-0.15, -0.1) is 0 Å². The Balaban J connectivity index is 1.50. The third kappa shape index (κ3) is 2.90. The first kappa shape index (κ1) is 17.6. The van der Waals surface area contributed by atoms with E-state index < -0.39 is 0 Å². The first-order chi connectivity index (χ1) is 15.2. The SMILES string of the molecule is Cn1cc(-c2cc3c(-c4cc5c(-c6ccc(F)cc6)cccc5[nH]4)n[nH]c3cn2)cn1. The normalized spacial score (nSPS) is 11.5. The number of aromatic nitrogens is 6. The Morgan fingerprint density at radius 1 is 0.903 bits per heavy atom. The van der Waals surface area contributed by atoms with E-state index in [2.05, 4.69) is 31.3 Å². The number of halogens is 1. The number of pyridine rings is 1. The number of hydrogen-bond donors (Lipinski definition) is 2. The van der Waals surface area contributed by atoms with E-state index in [1.165, 1.54) is 12.1 Å². The molecule has 4 aromatic heterocycles. The molecule has 0 radical (unpaired) electrons. The maximum absolute atomic E-state index is 13.4. The van der Waals surface area contributed by atoms with Crippen LogP contribution >= 0.6 is 0 Å². The van der Waals surface area contributed by atoms with Crippen LogP contribution in [0.25, 0.3) is 55.6 Å². The Morgan fingerprint density at radius 3 is 2.58 bits per heavy atom. The minimum atomic E-state index is -0.244. The summed E-state index contributed by atoms with van der Waals surface area (Å²) in [5, 5.41) is 13.9. The van der Waals surface area contributed by atoms with Gasteiger partial charge in [0.25, 0.3) is 0 Å². The van der Waals surface area contributed by atoms with Crippen LogP contribution in [0.15, 0.2) is 73.2 Å². The lowest BCUT2D eigenvalue weighted by Crippen LogP contribution is -1.85. The van der Waals surface area contributed by atoms with Crippen LogP contribution in [0.2, 0.25) is 0 Å². The van der Waals surface area contributed by atoms with Crippen LogP contribution in [-0.2, 0) is 7.05 Å². The van der Waals surface area contributed by atoms with Crippen molar-refractivity contribution in [3.63, 3.8) is 0 Å². The number of aromatic amines is 2. The first-order valence-corrected chi connectivity index (χ1v) is 9.87. The van der Waals surface area contributed by atoms with Gasteiger partial charge in [0, 0.05) is 35.1 Å². The molecule has 0 aliphatic carbocycles. The zero-order valence-electron chi connectivity index (χ0n) is 16.6. The molecule has 0 saturated carbocycles. The molecule has 0 fully saturated rings. The van der Waals surface area contributed by atoms with Crippen molar-refractivity contribution < 1.29 is 4.39 Å². The second-order valence-electron chi connectivity index (χ2n) is 7.55. The quantitative estimate of drug-likeness (QED) is 0.417. The summed E-state index contributed by atoms with van der Waals surface area (Å²) in [6.45, 7) is 0. The third-order valence-electron chi connectivity index (χ3n) is 5.52. The van der Waals surface area contributed by atoms with Gasteiger partial charge in [0.15, 0.2) is 0 Å². The van der Waals surface area contributed by atoms with E-state index in [9.17, 15) is 4.39 Å². The molecule has 150 valence electrons. The fraction of sp³-hybridized carbons (Fsp3) is 0.0417. The van der Waals surface area contributed by atoms with Crippen LogP contribution in [0, 0.1) is 5.82 Å². The second-order valence-corrected chi connectivity index (χ2v) is 7.55. The molecule has 6 aromatic rings. The third-order valence-corrected chi connectivity index (χ3v) is 5.52. The highest BCUT2D eigenvalue weighted by molar-refractivity contribution is 6.01. The van der Waals surface area contributed by atoms with Crippen LogP contribution in [0.4, 0.5) is 4.39 Å². The van der Waals surface area contributed by atoms with Crippen LogP contribution in [0.3, 0.4) is 0 Å². The molecule has 0 amide bonds. The predicted octanol–water partition coefficient (Wildman–Crippen LogP) is 5.31. The lowest BCUT2D eigenvalue weighted by atomic mass is 10.0. The molecule has 0 aliphatic heterocycles. The number of fused-ring (bicyclic) bond motifs is 2. The lowest BCUT2D eigenvalue weighted by molar-refractivity contribution is 0.628. The summed E-state index contributed by atoms with van der Waals surface area (Å²) in [6, 6.07) is 16.7. The fourth-order valence-corrected chi connectivity index (χ4v) is 4.00. The molecule has 31 heavy (non-hydrogen) atoms. The highest BCUT2D eigenvalue weighted by Gasteiger charge is 2.15. The maximum atomic E-state index is 13.4. The number of nitrogens with zero attached hydrogens (tertiary/aromatic N) is 4. The van der Waals surface area contributed by atoms with Gasteiger partial charge in [0.2, 0.25) is 0 Å². The molecule has 6 nitrogen and oxygen atoms in total. The molecule has 2 aromatic carbocycles. The maximum Gasteiger partial charge on any atom is 0.123 e. The topological polar surface area (TPSA) is 75.2 Å². The average molecular weight is 408 g/mol. The lowest BCUT2D eigenvalue weighted by Gasteiger charge is -2.03. The van der Waals surface area contributed by atoms with Crippen molar-refractivity contribution in [3.05, 3.63) is 79.0 Å². The summed E-state index contributed by atoms with van der Waals surface area (Å²) in [7, 11) is 1.88. The summed E-state index contributed by atoms with van der Waals surface area (Å²) in [4.78, 5) is 8.02. The minimum absolute atomic E-state index is 0.244. The average Bonchev–Trinajstić information content (AvgIpc) is 3.51. The molecular formula is C24H17FN6. The monoisotopic (exact) mass is 408 g/mol. The summed E-state index contributed by atoms with van der Waals surface area (Å²) in [5.74, 6) is -0.244. The molecule has 0 atom stereocenters. The molecule has 7 heteroatoms. The molecule has 0 unspecified atom stereocenters. The molecular weight excluding hydrogens is 391 g/mol. The Morgan fingerprint density at radius 2 is 1.77 bits per heavy atom. The summed E-state index contributed by atoms with van der Waals surface area (Å²) in [5.41, 5.74) is 7.38. The van der Waals surface area contributed by atoms with E-state index >= 15 is 0 Å². The van der Waals surface area contributed by atoms with Crippen molar-refractivity contribution in [1.29, 1.82) is 0 Å². The number of rotatable bonds is 3. The van der Waals surface area contributed by atoms with E-state index in [1.807, 2.05) is 37.5 Å². The number of benzene rings is 2. The van der Waals surface area contributed by atoms with Crippen molar-refractivity contribution >= 4 is 21.8 Å². The first-order valence-electron chi connectivity index (χ1n) is 9.87. The molecule has 0 bridgehead atoms. The zero-order chi connectivity index (χ0) is 20.9. The molecule has 2 N–H and O–H groups in total. The Bertz CT molecular complexity index is 1550. The number of aryl methyl sites for hydroxylation is 1. The van der Waals surface area contributed by atoms with E-state index in [-0.39, 0.29) is 5.82 Å².